The van der Waals surface area contributed by atoms with Crippen molar-refractivity contribution in [2.75, 3.05) is 90.8 Å². The Morgan fingerprint density at radius 3 is 1.31 bits per heavy atom. The Labute approximate surface area is 165 Å². The third-order valence-corrected chi connectivity index (χ3v) is 5.23. The van der Waals surface area contributed by atoms with Gasteiger partial charge in [0.25, 0.3) is 0 Å². The van der Waals surface area contributed by atoms with E-state index < -0.39 is 7.60 Å². The fourth-order valence-electron chi connectivity index (χ4n) is 1.77. The first-order valence-electron chi connectivity index (χ1n) is 9.01. The van der Waals surface area contributed by atoms with Crippen LogP contribution in [0.25, 0.3) is 0 Å². The van der Waals surface area contributed by atoms with Gasteiger partial charge in [0.05, 0.1) is 85.4 Å². The van der Waals surface area contributed by atoms with Gasteiger partial charge in [-0.1, -0.05) is 15.9 Å². The predicted molar refractivity (Wildman–Crippen MR) is 104 cm³/mol. The summed E-state index contributed by atoms with van der Waals surface area (Å²) in [5.74, 6) is 0. The van der Waals surface area contributed by atoms with Gasteiger partial charge in [0.2, 0.25) is 0 Å². The Hall–Kier alpha value is 0.430. The maximum atomic E-state index is 12.2. The molecule has 0 unspecified atom stereocenters. The van der Waals surface area contributed by atoms with E-state index in [2.05, 4.69) is 15.9 Å². The lowest BCUT2D eigenvalue weighted by Gasteiger charge is -2.16. The van der Waals surface area contributed by atoms with Gasteiger partial charge < -0.3 is 32.7 Å². The number of halogens is 1. The first-order valence-corrected chi connectivity index (χ1v) is 11.9. The topological polar surface area (TPSA) is 81.7 Å². The summed E-state index contributed by atoms with van der Waals surface area (Å²) in [7, 11) is -3.02. The van der Waals surface area contributed by atoms with Crippen molar-refractivity contribution in [2.24, 2.45) is 0 Å². The molecule has 0 rings (SSSR count). The predicted octanol–water partition coefficient (Wildman–Crippen LogP) is 2.73. The molecule has 0 fully saturated rings. The van der Waals surface area contributed by atoms with Crippen molar-refractivity contribution in [3.05, 3.63) is 0 Å². The molecule has 0 heterocycles. The van der Waals surface area contributed by atoms with Gasteiger partial charge in [0.15, 0.2) is 0 Å². The third-order valence-electron chi connectivity index (χ3n) is 2.87. The van der Waals surface area contributed by atoms with Crippen LogP contribution in [0.1, 0.15) is 13.8 Å². The normalized spacial score (nSPS) is 12.0. The zero-order valence-electron chi connectivity index (χ0n) is 16.0. The van der Waals surface area contributed by atoms with Crippen LogP contribution >= 0.6 is 23.5 Å². The molecule has 8 nitrogen and oxygen atoms in total. The largest absolute Gasteiger partial charge is 0.378 e. The summed E-state index contributed by atoms with van der Waals surface area (Å²) in [5, 5.41) is 0.836. The number of ether oxygens (including phenoxy) is 5. The van der Waals surface area contributed by atoms with Crippen molar-refractivity contribution in [3.63, 3.8) is 0 Å². The zero-order chi connectivity index (χ0) is 19.3. The molecule has 10 heteroatoms. The van der Waals surface area contributed by atoms with Crippen LogP contribution in [-0.2, 0) is 37.3 Å². The van der Waals surface area contributed by atoms with Gasteiger partial charge in [0, 0.05) is 5.33 Å². The van der Waals surface area contributed by atoms with E-state index in [4.69, 9.17) is 32.7 Å². The quantitative estimate of drug-likeness (QED) is 0.146. The van der Waals surface area contributed by atoms with Gasteiger partial charge >= 0.3 is 7.60 Å². The molecule has 0 aromatic rings. The maximum Gasteiger partial charge on any atom is 0.332 e. The minimum Gasteiger partial charge on any atom is -0.378 e. The second kappa shape index (κ2) is 20.2. The Balaban J connectivity index is 3.27. The van der Waals surface area contributed by atoms with E-state index in [1.807, 2.05) is 0 Å². The fourth-order valence-corrected chi connectivity index (χ4v) is 3.47. The Bertz CT molecular complexity index is 325. The van der Waals surface area contributed by atoms with Crippen molar-refractivity contribution < 1.29 is 37.3 Å². The van der Waals surface area contributed by atoms with Gasteiger partial charge in [-0.3, -0.25) is 4.57 Å². The molecule has 0 aromatic heterocycles. The summed E-state index contributed by atoms with van der Waals surface area (Å²) in [6, 6.07) is 0. The lowest BCUT2D eigenvalue weighted by atomic mass is 10.7. The lowest BCUT2D eigenvalue weighted by molar-refractivity contribution is -0.00924. The average Bonchev–Trinajstić information content (AvgIpc) is 2.62. The molecule has 0 aromatic carbocycles. The van der Waals surface area contributed by atoms with Gasteiger partial charge in [-0.15, -0.1) is 0 Å². The molecule has 0 saturated carbocycles. The molecule has 158 valence electrons. The van der Waals surface area contributed by atoms with Crippen LogP contribution in [0.3, 0.4) is 0 Å². The van der Waals surface area contributed by atoms with Crippen molar-refractivity contribution >= 4 is 23.5 Å². The summed E-state index contributed by atoms with van der Waals surface area (Å²) in [6.07, 6.45) is 0.249. The standard InChI is InChI=1S/C16H34BrO8P/c1-3-24-26(18,25-4-2)16-15-23-14-13-22-12-11-21-10-9-20-8-7-19-6-5-17/h3-16H2,1-2H3. The first kappa shape index (κ1) is 26.4. The van der Waals surface area contributed by atoms with E-state index in [0.717, 1.165) is 5.33 Å². The van der Waals surface area contributed by atoms with Crippen LogP contribution in [0.5, 0.6) is 0 Å². The molecule has 0 spiro atoms. The fraction of sp³-hybridized carbons (Fsp3) is 1.00. The van der Waals surface area contributed by atoms with Crippen molar-refractivity contribution in [2.45, 2.75) is 13.8 Å². The SMILES string of the molecule is CCOP(=O)(CCOCCOCCOCCOCCOCCBr)OCC. The average molecular weight is 465 g/mol. The molecule has 0 N–H and O–H groups in total. The van der Waals surface area contributed by atoms with Crippen LogP contribution in [0.4, 0.5) is 0 Å². The highest BCUT2D eigenvalue weighted by molar-refractivity contribution is 9.09. The van der Waals surface area contributed by atoms with Crippen molar-refractivity contribution in [1.29, 1.82) is 0 Å². The van der Waals surface area contributed by atoms with E-state index in [1.165, 1.54) is 0 Å². The summed E-state index contributed by atoms with van der Waals surface area (Å²) < 4.78 is 49.3. The van der Waals surface area contributed by atoms with E-state index in [0.29, 0.717) is 79.3 Å². The minimum atomic E-state index is -3.02. The molecule has 0 radical (unpaired) electrons. The van der Waals surface area contributed by atoms with Gasteiger partial charge in [0.1, 0.15) is 0 Å². The number of alkyl halides is 1. The first-order chi connectivity index (χ1) is 12.7. The van der Waals surface area contributed by atoms with Crippen molar-refractivity contribution in [3.8, 4) is 0 Å². The second-order valence-electron chi connectivity index (χ2n) is 4.92. The number of hydrogen-bond donors (Lipinski definition) is 0. The summed E-state index contributed by atoms with van der Waals surface area (Å²) in [4.78, 5) is 0. The molecule has 0 aliphatic rings. The summed E-state index contributed by atoms with van der Waals surface area (Å²) in [6.45, 7) is 9.42. The van der Waals surface area contributed by atoms with Crippen LogP contribution < -0.4 is 0 Å². The van der Waals surface area contributed by atoms with Crippen LogP contribution in [0.2, 0.25) is 0 Å². The molecular formula is C16H34BrO8P. The van der Waals surface area contributed by atoms with Crippen LogP contribution in [0, 0.1) is 0 Å². The Morgan fingerprint density at radius 1 is 0.615 bits per heavy atom. The maximum absolute atomic E-state index is 12.2. The smallest absolute Gasteiger partial charge is 0.332 e. The molecule has 0 aliphatic heterocycles. The second-order valence-corrected chi connectivity index (χ2v) is 7.90. The van der Waals surface area contributed by atoms with E-state index in [9.17, 15) is 4.57 Å². The molecule has 0 bridgehead atoms. The van der Waals surface area contributed by atoms with Gasteiger partial charge in [-0.05, 0) is 13.8 Å². The Kier molecular flexibility index (Phi) is 20.5. The van der Waals surface area contributed by atoms with Crippen LogP contribution in [0.15, 0.2) is 0 Å². The highest BCUT2D eigenvalue weighted by Crippen LogP contribution is 2.47. The lowest BCUT2D eigenvalue weighted by Crippen LogP contribution is -2.14. The summed E-state index contributed by atoms with van der Waals surface area (Å²) >= 11 is 3.28. The number of hydrogen-bond acceptors (Lipinski definition) is 8. The zero-order valence-corrected chi connectivity index (χ0v) is 18.5. The molecule has 0 atom stereocenters. The third kappa shape index (κ3) is 17.8. The van der Waals surface area contributed by atoms with Crippen molar-refractivity contribution in [1.82, 2.24) is 0 Å². The van der Waals surface area contributed by atoms with E-state index in [1.54, 1.807) is 13.8 Å². The van der Waals surface area contributed by atoms with Gasteiger partial charge in [-0.25, -0.2) is 0 Å². The minimum absolute atomic E-state index is 0.249. The highest BCUT2D eigenvalue weighted by atomic mass is 79.9. The number of rotatable bonds is 21. The highest BCUT2D eigenvalue weighted by Gasteiger charge is 2.22. The van der Waals surface area contributed by atoms with E-state index in [-0.39, 0.29) is 6.16 Å². The van der Waals surface area contributed by atoms with Gasteiger partial charge in [-0.2, -0.15) is 0 Å². The summed E-state index contributed by atoms with van der Waals surface area (Å²) in [5.41, 5.74) is 0. The molecule has 26 heavy (non-hydrogen) atoms. The van der Waals surface area contributed by atoms with E-state index >= 15 is 0 Å². The monoisotopic (exact) mass is 464 g/mol. The molecule has 0 aliphatic carbocycles. The molecule has 0 saturated heterocycles. The molecule has 0 amide bonds. The Morgan fingerprint density at radius 2 is 0.962 bits per heavy atom. The van der Waals surface area contributed by atoms with Crippen LogP contribution in [-0.4, -0.2) is 90.8 Å². The molecular weight excluding hydrogens is 431 g/mol.